The first-order valence-electron chi connectivity index (χ1n) is 10.8. The SMILES string of the molecule is O=C(CCCN1C(=O)C2CC(Br)CCC2NC1=S)N1CC=C(c2ccccc2)CC1. The van der Waals surface area contributed by atoms with Crippen LogP contribution in [0.2, 0.25) is 0 Å². The molecule has 1 aromatic carbocycles. The first kappa shape index (κ1) is 21.5. The van der Waals surface area contributed by atoms with Crippen LogP contribution in [0.5, 0.6) is 0 Å². The van der Waals surface area contributed by atoms with E-state index in [1.807, 2.05) is 23.1 Å². The van der Waals surface area contributed by atoms with Crippen LogP contribution in [-0.2, 0) is 9.59 Å². The molecule has 0 aromatic heterocycles. The molecule has 5 nitrogen and oxygen atoms in total. The predicted molar refractivity (Wildman–Crippen MR) is 126 cm³/mol. The third-order valence-electron chi connectivity index (χ3n) is 6.40. The van der Waals surface area contributed by atoms with Crippen LogP contribution >= 0.6 is 28.1 Å². The molecule has 30 heavy (non-hydrogen) atoms. The quantitative estimate of drug-likeness (QED) is 0.505. The van der Waals surface area contributed by atoms with E-state index in [1.54, 1.807) is 4.90 Å². The maximum atomic E-state index is 12.9. The number of amides is 2. The van der Waals surface area contributed by atoms with Gasteiger partial charge in [0.25, 0.3) is 0 Å². The molecule has 160 valence electrons. The molecular weight excluding hydrogens is 462 g/mol. The monoisotopic (exact) mass is 489 g/mol. The Kier molecular flexibility index (Phi) is 6.88. The highest BCUT2D eigenvalue weighted by Gasteiger charge is 2.42. The number of thiocarbonyl (C=S) groups is 1. The molecule has 1 aliphatic carbocycles. The third-order valence-corrected chi connectivity index (χ3v) is 7.57. The number of nitrogens with zero attached hydrogens (tertiary/aromatic N) is 2. The Morgan fingerprint density at radius 2 is 2.03 bits per heavy atom. The van der Waals surface area contributed by atoms with Crippen molar-refractivity contribution in [2.45, 2.75) is 49.4 Å². The number of fused-ring (bicyclic) bond motifs is 1. The fourth-order valence-electron chi connectivity index (χ4n) is 4.67. The largest absolute Gasteiger partial charge is 0.359 e. The van der Waals surface area contributed by atoms with Crippen molar-refractivity contribution < 1.29 is 9.59 Å². The Morgan fingerprint density at radius 1 is 1.23 bits per heavy atom. The lowest BCUT2D eigenvalue weighted by molar-refractivity contribution is -0.136. The molecule has 1 N–H and O–H groups in total. The molecule has 0 spiro atoms. The number of halogens is 1. The number of hydrogen-bond donors (Lipinski definition) is 1. The predicted octanol–water partition coefficient (Wildman–Crippen LogP) is 3.73. The van der Waals surface area contributed by atoms with E-state index in [9.17, 15) is 9.59 Å². The Hall–Kier alpha value is -1.73. The average molecular weight is 490 g/mol. The maximum absolute atomic E-state index is 12.9. The van der Waals surface area contributed by atoms with Crippen molar-refractivity contribution in [1.82, 2.24) is 15.1 Å². The molecule has 4 rings (SSSR count). The fourth-order valence-corrected chi connectivity index (χ4v) is 5.67. The first-order chi connectivity index (χ1) is 14.5. The summed E-state index contributed by atoms with van der Waals surface area (Å²) < 4.78 is 0. The van der Waals surface area contributed by atoms with E-state index in [2.05, 4.69) is 39.5 Å². The van der Waals surface area contributed by atoms with E-state index in [0.29, 0.717) is 35.9 Å². The van der Waals surface area contributed by atoms with Crippen molar-refractivity contribution >= 4 is 50.6 Å². The van der Waals surface area contributed by atoms with Crippen LogP contribution in [0.1, 0.15) is 44.1 Å². The van der Waals surface area contributed by atoms with Gasteiger partial charge in [-0.25, -0.2) is 0 Å². The van der Waals surface area contributed by atoms with Gasteiger partial charge in [0.15, 0.2) is 5.11 Å². The molecule has 3 aliphatic rings. The molecule has 0 radical (unpaired) electrons. The lowest BCUT2D eigenvalue weighted by Crippen LogP contribution is -2.61. The molecule has 2 heterocycles. The van der Waals surface area contributed by atoms with Crippen LogP contribution in [0.4, 0.5) is 0 Å². The minimum absolute atomic E-state index is 0.0193. The molecule has 2 amide bonds. The summed E-state index contributed by atoms with van der Waals surface area (Å²) >= 11 is 9.11. The van der Waals surface area contributed by atoms with Gasteiger partial charge in [-0.15, -0.1) is 0 Å². The highest BCUT2D eigenvalue weighted by Crippen LogP contribution is 2.33. The number of hydrogen-bond acceptors (Lipinski definition) is 3. The average Bonchev–Trinajstić information content (AvgIpc) is 2.77. The minimum Gasteiger partial charge on any atom is -0.359 e. The van der Waals surface area contributed by atoms with Crippen molar-refractivity contribution in [3.8, 4) is 0 Å². The zero-order valence-electron chi connectivity index (χ0n) is 17.1. The molecular formula is C23H28BrN3O2S. The Bertz CT molecular complexity index is 844. The van der Waals surface area contributed by atoms with Gasteiger partial charge in [-0.3, -0.25) is 14.5 Å². The highest BCUT2D eigenvalue weighted by atomic mass is 79.9. The lowest BCUT2D eigenvalue weighted by atomic mass is 9.82. The van der Waals surface area contributed by atoms with Crippen LogP contribution in [0.3, 0.4) is 0 Å². The van der Waals surface area contributed by atoms with Crippen LogP contribution < -0.4 is 5.32 Å². The summed E-state index contributed by atoms with van der Waals surface area (Å²) in [6.07, 6.45) is 6.98. The topological polar surface area (TPSA) is 52.7 Å². The standard InChI is InChI=1S/C23H28BrN3O2S/c24-18-8-9-20-19(15-18)22(29)27(23(30)25-20)12-4-7-21(28)26-13-10-17(11-14-26)16-5-2-1-3-6-16/h1-3,5-6,10,18-20H,4,7-9,11-15H2,(H,25,30). The summed E-state index contributed by atoms with van der Waals surface area (Å²) in [4.78, 5) is 29.6. The summed E-state index contributed by atoms with van der Waals surface area (Å²) in [7, 11) is 0. The Morgan fingerprint density at radius 3 is 2.77 bits per heavy atom. The van der Waals surface area contributed by atoms with Gasteiger partial charge < -0.3 is 10.2 Å². The molecule has 1 saturated carbocycles. The van der Waals surface area contributed by atoms with Crippen molar-refractivity contribution in [2.24, 2.45) is 5.92 Å². The number of alkyl halides is 1. The van der Waals surface area contributed by atoms with Gasteiger partial charge in [0.05, 0.1) is 5.92 Å². The zero-order valence-corrected chi connectivity index (χ0v) is 19.5. The second-order valence-electron chi connectivity index (χ2n) is 8.35. The van der Waals surface area contributed by atoms with Crippen LogP contribution in [0, 0.1) is 5.92 Å². The minimum atomic E-state index is -0.0193. The molecule has 3 unspecified atom stereocenters. The summed E-state index contributed by atoms with van der Waals surface area (Å²) in [5.74, 6) is 0.251. The van der Waals surface area contributed by atoms with Gasteiger partial charge >= 0.3 is 0 Å². The van der Waals surface area contributed by atoms with Crippen molar-refractivity contribution in [1.29, 1.82) is 0 Å². The van der Waals surface area contributed by atoms with Gasteiger partial charge in [0, 0.05) is 36.9 Å². The number of carbonyl (C=O) groups is 2. The van der Waals surface area contributed by atoms with Crippen LogP contribution in [0.15, 0.2) is 36.4 Å². The fraction of sp³-hybridized carbons (Fsp3) is 0.522. The highest BCUT2D eigenvalue weighted by molar-refractivity contribution is 9.09. The van der Waals surface area contributed by atoms with E-state index in [4.69, 9.17) is 12.2 Å². The first-order valence-corrected chi connectivity index (χ1v) is 12.1. The second kappa shape index (κ2) is 9.60. The lowest BCUT2D eigenvalue weighted by Gasteiger charge is -2.43. The van der Waals surface area contributed by atoms with E-state index < -0.39 is 0 Å². The second-order valence-corrected chi connectivity index (χ2v) is 10.0. The molecule has 1 aromatic rings. The van der Waals surface area contributed by atoms with E-state index in [-0.39, 0.29) is 23.8 Å². The molecule has 2 aliphatic heterocycles. The van der Waals surface area contributed by atoms with E-state index in [1.165, 1.54) is 11.1 Å². The molecule has 0 bridgehead atoms. The van der Waals surface area contributed by atoms with Crippen molar-refractivity contribution in [2.75, 3.05) is 19.6 Å². The molecule has 7 heteroatoms. The molecule has 1 saturated heterocycles. The smallest absolute Gasteiger partial charge is 0.233 e. The molecule has 3 atom stereocenters. The van der Waals surface area contributed by atoms with E-state index in [0.717, 1.165) is 32.2 Å². The van der Waals surface area contributed by atoms with Gasteiger partial charge in [0.1, 0.15) is 0 Å². The van der Waals surface area contributed by atoms with Gasteiger partial charge in [-0.1, -0.05) is 52.3 Å². The van der Waals surface area contributed by atoms with Crippen molar-refractivity contribution in [3.63, 3.8) is 0 Å². The maximum Gasteiger partial charge on any atom is 0.233 e. The molecule has 2 fully saturated rings. The van der Waals surface area contributed by atoms with Crippen molar-refractivity contribution in [3.05, 3.63) is 42.0 Å². The van der Waals surface area contributed by atoms with E-state index >= 15 is 0 Å². The van der Waals surface area contributed by atoms with Gasteiger partial charge in [-0.05, 0) is 55.5 Å². The van der Waals surface area contributed by atoms with Crippen LogP contribution in [0.25, 0.3) is 5.57 Å². The number of rotatable bonds is 5. The summed E-state index contributed by atoms with van der Waals surface area (Å²) in [6, 6.07) is 10.5. The summed E-state index contributed by atoms with van der Waals surface area (Å²) in [5, 5.41) is 3.88. The number of benzene rings is 1. The Labute approximate surface area is 192 Å². The third kappa shape index (κ3) is 4.78. The van der Waals surface area contributed by atoms with Gasteiger partial charge in [0.2, 0.25) is 11.8 Å². The number of carbonyl (C=O) groups excluding carboxylic acids is 2. The van der Waals surface area contributed by atoms with Gasteiger partial charge in [-0.2, -0.15) is 0 Å². The summed E-state index contributed by atoms with van der Waals surface area (Å²) in [5.41, 5.74) is 2.54. The van der Waals surface area contributed by atoms with Crippen LogP contribution in [-0.4, -0.2) is 57.2 Å². The zero-order chi connectivity index (χ0) is 21.1. The normalized spacial score (nSPS) is 26.7. The Balaban J connectivity index is 1.26. The number of nitrogens with one attached hydrogen (secondary N) is 1. The summed E-state index contributed by atoms with van der Waals surface area (Å²) in [6.45, 7) is 1.91.